The smallest absolute Gasteiger partial charge is 0.338 e. The summed E-state index contributed by atoms with van der Waals surface area (Å²) in [6.45, 7) is 0. The van der Waals surface area contributed by atoms with Crippen LogP contribution in [0.4, 0.5) is 4.39 Å². The third-order valence-electron chi connectivity index (χ3n) is 2.85. The minimum Gasteiger partial charge on any atom is -0.458 e. The summed E-state index contributed by atoms with van der Waals surface area (Å²) in [6.07, 6.45) is 0.307. The van der Waals surface area contributed by atoms with Crippen LogP contribution < -0.4 is 0 Å². The van der Waals surface area contributed by atoms with Gasteiger partial charge in [-0.3, -0.25) is 0 Å². The maximum Gasteiger partial charge on any atom is 0.338 e. The Morgan fingerprint density at radius 2 is 2.16 bits per heavy atom. The predicted molar refractivity (Wildman–Crippen MR) is 68.5 cm³/mol. The van der Waals surface area contributed by atoms with Gasteiger partial charge in [-0.1, -0.05) is 11.6 Å². The zero-order chi connectivity index (χ0) is 14.0. The average molecular weight is 307 g/mol. The van der Waals surface area contributed by atoms with Gasteiger partial charge in [-0.2, -0.15) is 0 Å². The van der Waals surface area contributed by atoms with Crippen molar-refractivity contribution in [3.63, 3.8) is 0 Å². The fourth-order valence-electron chi connectivity index (χ4n) is 1.92. The predicted octanol–water partition coefficient (Wildman–Crippen LogP) is 2.21. The molecule has 7 heteroatoms. The molecule has 1 fully saturated rings. The third-order valence-corrected chi connectivity index (χ3v) is 4.95. The van der Waals surface area contributed by atoms with Gasteiger partial charge in [0.15, 0.2) is 9.84 Å². The minimum absolute atomic E-state index is 0.0184. The molecular weight excluding hydrogens is 295 g/mol. The van der Waals surface area contributed by atoms with Crippen molar-refractivity contribution in [1.82, 2.24) is 0 Å². The number of halogens is 2. The Kier molecular flexibility index (Phi) is 4.10. The van der Waals surface area contributed by atoms with Crippen molar-refractivity contribution >= 4 is 27.4 Å². The van der Waals surface area contributed by atoms with Crippen LogP contribution in [0.15, 0.2) is 18.2 Å². The van der Waals surface area contributed by atoms with E-state index in [0.717, 1.165) is 6.07 Å². The van der Waals surface area contributed by atoms with Crippen LogP contribution in [0, 0.1) is 5.82 Å². The van der Waals surface area contributed by atoms with Gasteiger partial charge in [0.25, 0.3) is 0 Å². The van der Waals surface area contributed by atoms with Gasteiger partial charge in [0.2, 0.25) is 0 Å². The molecule has 1 heterocycles. The Morgan fingerprint density at radius 1 is 1.42 bits per heavy atom. The number of hydrogen-bond acceptors (Lipinski definition) is 4. The quantitative estimate of drug-likeness (QED) is 0.786. The number of benzene rings is 1. The van der Waals surface area contributed by atoms with Crippen molar-refractivity contribution in [2.24, 2.45) is 0 Å². The summed E-state index contributed by atoms with van der Waals surface area (Å²) in [4.78, 5) is 11.8. The first kappa shape index (κ1) is 14.3. The Balaban J connectivity index is 2.06. The zero-order valence-corrected chi connectivity index (χ0v) is 11.5. The maximum atomic E-state index is 13.2. The van der Waals surface area contributed by atoms with Gasteiger partial charge < -0.3 is 4.74 Å². The lowest BCUT2D eigenvalue weighted by Crippen LogP contribution is -2.33. The van der Waals surface area contributed by atoms with Crippen LogP contribution >= 0.6 is 11.6 Å². The molecular formula is C12H12ClFO4S. The second-order valence-corrected chi connectivity index (χ2v) is 7.05. The Labute approximate surface area is 115 Å². The number of sulfone groups is 1. The lowest BCUT2D eigenvalue weighted by molar-refractivity contribution is 0.0323. The normalized spacial score (nSPS) is 21.9. The van der Waals surface area contributed by atoms with E-state index in [4.69, 9.17) is 16.3 Å². The molecule has 0 saturated carbocycles. The van der Waals surface area contributed by atoms with E-state index < -0.39 is 27.7 Å². The molecule has 1 aliphatic rings. The molecule has 1 aliphatic heterocycles. The summed E-state index contributed by atoms with van der Waals surface area (Å²) in [5, 5.41) is -0.0863. The largest absolute Gasteiger partial charge is 0.458 e. The summed E-state index contributed by atoms with van der Waals surface area (Å²) in [6, 6.07) is 3.57. The molecule has 0 N–H and O–H groups in total. The molecule has 0 aliphatic carbocycles. The summed E-state index contributed by atoms with van der Waals surface area (Å²) >= 11 is 5.51. The molecule has 0 radical (unpaired) electrons. The Hall–Kier alpha value is -1.14. The molecule has 1 unspecified atom stereocenters. The number of carbonyl (C=O) groups is 1. The van der Waals surface area contributed by atoms with Crippen molar-refractivity contribution in [3.05, 3.63) is 34.6 Å². The van der Waals surface area contributed by atoms with Crippen LogP contribution in [-0.2, 0) is 14.6 Å². The molecule has 1 atom stereocenters. The summed E-state index contributed by atoms with van der Waals surface area (Å²) < 4.78 is 41.1. The summed E-state index contributed by atoms with van der Waals surface area (Å²) in [5.41, 5.74) is 0.0184. The first-order chi connectivity index (χ1) is 8.87. The van der Waals surface area contributed by atoms with Gasteiger partial charge in [-0.15, -0.1) is 0 Å². The lowest BCUT2D eigenvalue weighted by atomic mass is 10.2. The average Bonchev–Trinajstić information content (AvgIpc) is 2.31. The van der Waals surface area contributed by atoms with Crippen molar-refractivity contribution in [2.45, 2.75) is 18.9 Å². The highest BCUT2D eigenvalue weighted by molar-refractivity contribution is 7.91. The highest BCUT2D eigenvalue weighted by atomic mass is 35.5. The van der Waals surface area contributed by atoms with Crippen LogP contribution in [0.5, 0.6) is 0 Å². The summed E-state index contributed by atoms with van der Waals surface area (Å²) in [5.74, 6) is -1.50. The van der Waals surface area contributed by atoms with E-state index in [2.05, 4.69) is 0 Å². The Morgan fingerprint density at radius 3 is 2.79 bits per heavy atom. The van der Waals surface area contributed by atoms with Crippen molar-refractivity contribution in [1.29, 1.82) is 0 Å². The third kappa shape index (κ3) is 3.67. The van der Waals surface area contributed by atoms with E-state index in [-0.39, 0.29) is 22.1 Å². The number of esters is 1. The molecule has 0 amide bonds. The van der Waals surface area contributed by atoms with Gasteiger partial charge >= 0.3 is 5.97 Å². The van der Waals surface area contributed by atoms with E-state index in [1.165, 1.54) is 12.1 Å². The molecule has 0 aromatic heterocycles. The fraction of sp³-hybridized carbons (Fsp3) is 0.417. The van der Waals surface area contributed by atoms with E-state index in [9.17, 15) is 17.6 Å². The maximum absolute atomic E-state index is 13.2. The van der Waals surface area contributed by atoms with Crippen LogP contribution in [0.3, 0.4) is 0 Å². The van der Waals surface area contributed by atoms with Gasteiger partial charge in [-0.05, 0) is 31.0 Å². The lowest BCUT2D eigenvalue weighted by Gasteiger charge is -2.22. The van der Waals surface area contributed by atoms with Crippen molar-refractivity contribution in [2.75, 3.05) is 11.5 Å². The molecule has 1 saturated heterocycles. The summed E-state index contributed by atoms with van der Waals surface area (Å²) in [7, 11) is -3.15. The molecule has 0 bridgehead atoms. The minimum atomic E-state index is -3.15. The van der Waals surface area contributed by atoms with Gasteiger partial charge in [0, 0.05) is 0 Å². The highest BCUT2D eigenvalue weighted by Crippen LogP contribution is 2.19. The van der Waals surface area contributed by atoms with Crippen LogP contribution in [0.25, 0.3) is 0 Å². The monoisotopic (exact) mass is 306 g/mol. The molecule has 0 spiro atoms. The van der Waals surface area contributed by atoms with Crippen LogP contribution in [0.2, 0.25) is 5.02 Å². The van der Waals surface area contributed by atoms with Gasteiger partial charge in [0.05, 0.1) is 22.1 Å². The van der Waals surface area contributed by atoms with Gasteiger partial charge in [-0.25, -0.2) is 17.6 Å². The first-order valence-corrected chi connectivity index (χ1v) is 7.94. The number of rotatable bonds is 2. The number of ether oxygens (including phenoxy) is 1. The fourth-order valence-corrected chi connectivity index (χ4v) is 3.61. The van der Waals surface area contributed by atoms with Gasteiger partial charge in [0.1, 0.15) is 11.9 Å². The second kappa shape index (κ2) is 5.46. The SMILES string of the molecule is O=C(OC1CCCS(=O)(=O)C1)c1ccc(Cl)c(F)c1. The molecule has 1 aromatic rings. The van der Waals surface area contributed by atoms with E-state index >= 15 is 0 Å². The van der Waals surface area contributed by atoms with Crippen molar-refractivity contribution < 1.29 is 22.3 Å². The van der Waals surface area contributed by atoms with Crippen LogP contribution in [0.1, 0.15) is 23.2 Å². The standard InChI is InChI=1S/C12H12ClFO4S/c13-10-4-3-8(6-11(10)14)12(15)18-9-2-1-5-19(16,17)7-9/h3-4,6,9H,1-2,5,7H2. The second-order valence-electron chi connectivity index (χ2n) is 4.41. The van der Waals surface area contributed by atoms with E-state index in [1.807, 2.05) is 0 Å². The van der Waals surface area contributed by atoms with Crippen molar-refractivity contribution in [3.8, 4) is 0 Å². The molecule has 104 valence electrons. The zero-order valence-electron chi connectivity index (χ0n) is 9.93. The molecule has 4 nitrogen and oxygen atoms in total. The van der Waals surface area contributed by atoms with Crippen LogP contribution in [-0.4, -0.2) is 32.0 Å². The molecule has 19 heavy (non-hydrogen) atoms. The highest BCUT2D eigenvalue weighted by Gasteiger charge is 2.28. The topological polar surface area (TPSA) is 60.4 Å². The van der Waals surface area contributed by atoms with E-state index in [0.29, 0.717) is 12.8 Å². The van der Waals surface area contributed by atoms with E-state index in [1.54, 1.807) is 0 Å². The molecule has 1 aromatic carbocycles. The molecule has 2 rings (SSSR count). The number of hydrogen-bond donors (Lipinski definition) is 0. The Bertz CT molecular complexity index is 600. The number of carbonyl (C=O) groups excluding carboxylic acids is 1. The first-order valence-electron chi connectivity index (χ1n) is 5.74.